The summed E-state index contributed by atoms with van der Waals surface area (Å²) in [5, 5.41) is 11.6. The lowest BCUT2D eigenvalue weighted by Crippen LogP contribution is -2.50. The van der Waals surface area contributed by atoms with E-state index in [2.05, 4.69) is 5.32 Å². The molecule has 132 valence electrons. The van der Waals surface area contributed by atoms with Crippen molar-refractivity contribution in [2.75, 3.05) is 6.54 Å². The molecule has 1 aliphatic rings. The number of aliphatic carboxylic acids is 1. The fraction of sp³-hybridized carbons (Fsp3) is 0.500. The Bertz CT molecular complexity index is 690. The van der Waals surface area contributed by atoms with Gasteiger partial charge < -0.3 is 10.4 Å². The van der Waals surface area contributed by atoms with E-state index in [-0.39, 0.29) is 11.4 Å². The number of hydrogen-bond acceptors (Lipinski definition) is 4. The molecule has 1 fully saturated rings. The molecule has 8 heteroatoms. The summed E-state index contributed by atoms with van der Waals surface area (Å²) >= 11 is 0. The zero-order chi connectivity index (χ0) is 17.7. The van der Waals surface area contributed by atoms with Gasteiger partial charge in [0, 0.05) is 6.54 Å². The molecule has 1 aromatic carbocycles. The summed E-state index contributed by atoms with van der Waals surface area (Å²) in [4.78, 5) is 23.8. The van der Waals surface area contributed by atoms with Gasteiger partial charge in [0.25, 0.3) is 0 Å². The van der Waals surface area contributed by atoms with Crippen LogP contribution in [0.15, 0.2) is 35.2 Å². The molecule has 2 N–H and O–H groups in total. The van der Waals surface area contributed by atoms with Crippen molar-refractivity contribution in [2.45, 2.75) is 49.6 Å². The third kappa shape index (κ3) is 3.93. The van der Waals surface area contributed by atoms with Crippen LogP contribution in [0.25, 0.3) is 0 Å². The Morgan fingerprint density at radius 1 is 1.33 bits per heavy atom. The fourth-order valence-electron chi connectivity index (χ4n) is 2.83. The Morgan fingerprint density at radius 2 is 2.00 bits per heavy atom. The van der Waals surface area contributed by atoms with Crippen LogP contribution < -0.4 is 5.32 Å². The molecule has 1 saturated heterocycles. The second-order valence-corrected chi connectivity index (χ2v) is 7.67. The van der Waals surface area contributed by atoms with Crippen molar-refractivity contribution in [3.05, 3.63) is 30.3 Å². The van der Waals surface area contributed by atoms with E-state index in [1.165, 1.54) is 16.4 Å². The number of nitrogens with one attached hydrogen (secondary N) is 1. The largest absolute Gasteiger partial charge is 0.480 e. The summed E-state index contributed by atoms with van der Waals surface area (Å²) in [5.41, 5.74) is 0. The van der Waals surface area contributed by atoms with Crippen LogP contribution in [0.5, 0.6) is 0 Å². The van der Waals surface area contributed by atoms with Gasteiger partial charge in [-0.05, 0) is 31.4 Å². The number of benzene rings is 1. The van der Waals surface area contributed by atoms with E-state index in [0.29, 0.717) is 25.7 Å². The molecule has 2 unspecified atom stereocenters. The highest BCUT2D eigenvalue weighted by atomic mass is 32.2. The van der Waals surface area contributed by atoms with Gasteiger partial charge in [-0.15, -0.1) is 0 Å². The Labute approximate surface area is 141 Å². The maximum Gasteiger partial charge on any atom is 0.326 e. The summed E-state index contributed by atoms with van der Waals surface area (Å²) in [6.07, 6.45) is 1.86. The van der Waals surface area contributed by atoms with Crippen LogP contribution >= 0.6 is 0 Å². The number of sulfonamides is 1. The van der Waals surface area contributed by atoms with Crippen LogP contribution in [0.2, 0.25) is 0 Å². The summed E-state index contributed by atoms with van der Waals surface area (Å²) in [6.45, 7) is 2.07. The highest BCUT2D eigenvalue weighted by molar-refractivity contribution is 7.89. The van der Waals surface area contributed by atoms with Crippen molar-refractivity contribution in [1.82, 2.24) is 9.62 Å². The molecule has 0 saturated carbocycles. The topological polar surface area (TPSA) is 104 Å². The second kappa shape index (κ2) is 7.76. The molecular weight excluding hydrogens is 332 g/mol. The number of hydrogen-bond donors (Lipinski definition) is 2. The van der Waals surface area contributed by atoms with Gasteiger partial charge in [-0.3, -0.25) is 4.79 Å². The van der Waals surface area contributed by atoms with Gasteiger partial charge in [-0.25, -0.2) is 13.2 Å². The average molecular weight is 354 g/mol. The summed E-state index contributed by atoms with van der Waals surface area (Å²) in [7, 11) is -3.78. The number of carbonyl (C=O) groups is 2. The molecule has 1 amide bonds. The maximum atomic E-state index is 12.7. The molecular formula is C16H22N2O5S. The van der Waals surface area contributed by atoms with Crippen molar-refractivity contribution in [2.24, 2.45) is 0 Å². The third-order valence-corrected chi connectivity index (χ3v) is 5.97. The lowest BCUT2D eigenvalue weighted by molar-refractivity contribution is -0.142. The summed E-state index contributed by atoms with van der Waals surface area (Å²) in [5.74, 6) is -1.66. The Hall–Kier alpha value is -1.93. The number of carbonyl (C=O) groups excluding carboxylic acids is 1. The molecule has 7 nitrogen and oxygen atoms in total. The molecule has 24 heavy (non-hydrogen) atoms. The van der Waals surface area contributed by atoms with Crippen molar-refractivity contribution >= 4 is 21.9 Å². The minimum atomic E-state index is -3.78. The molecule has 0 bridgehead atoms. The smallest absolute Gasteiger partial charge is 0.326 e. The van der Waals surface area contributed by atoms with Crippen LogP contribution in [0.1, 0.15) is 32.6 Å². The normalized spacial score (nSPS) is 19.8. The van der Waals surface area contributed by atoms with E-state index >= 15 is 0 Å². The molecule has 0 aliphatic carbocycles. The molecule has 1 aliphatic heterocycles. The first kappa shape index (κ1) is 18.4. The van der Waals surface area contributed by atoms with Gasteiger partial charge >= 0.3 is 5.97 Å². The lowest BCUT2D eigenvalue weighted by Gasteiger charge is -2.25. The van der Waals surface area contributed by atoms with E-state index in [1.54, 1.807) is 18.2 Å². The molecule has 0 spiro atoms. The lowest BCUT2D eigenvalue weighted by atomic mass is 10.1. The van der Waals surface area contributed by atoms with Gasteiger partial charge in [0.05, 0.1) is 4.90 Å². The van der Waals surface area contributed by atoms with Gasteiger partial charge in [-0.2, -0.15) is 4.31 Å². The van der Waals surface area contributed by atoms with E-state index in [0.717, 1.165) is 0 Å². The molecule has 2 rings (SSSR count). The predicted molar refractivity (Wildman–Crippen MR) is 87.8 cm³/mol. The monoisotopic (exact) mass is 354 g/mol. The average Bonchev–Trinajstić information content (AvgIpc) is 3.05. The Kier molecular flexibility index (Phi) is 5.95. The molecule has 1 aromatic rings. The SMILES string of the molecule is CCCC(NC(=O)C1CCCN1S(=O)(=O)c1ccccc1)C(=O)O. The van der Waals surface area contributed by atoms with E-state index in [9.17, 15) is 18.0 Å². The van der Waals surface area contributed by atoms with Crippen molar-refractivity contribution in [3.63, 3.8) is 0 Å². The van der Waals surface area contributed by atoms with E-state index < -0.39 is 34.0 Å². The minimum absolute atomic E-state index is 0.132. The standard InChI is InChI=1S/C16H22N2O5S/c1-2-7-13(16(20)21)17-15(19)14-10-6-11-18(14)24(22,23)12-8-4-3-5-9-12/h3-5,8-9,13-14H,2,6-7,10-11H2,1H3,(H,17,19)(H,20,21). The highest BCUT2D eigenvalue weighted by Crippen LogP contribution is 2.26. The maximum absolute atomic E-state index is 12.7. The number of carboxylic acids is 1. The van der Waals surface area contributed by atoms with Crippen molar-refractivity contribution < 1.29 is 23.1 Å². The van der Waals surface area contributed by atoms with Crippen molar-refractivity contribution in [1.29, 1.82) is 0 Å². The van der Waals surface area contributed by atoms with Gasteiger partial charge in [-0.1, -0.05) is 31.5 Å². The van der Waals surface area contributed by atoms with Crippen LogP contribution in [0.3, 0.4) is 0 Å². The Morgan fingerprint density at radius 3 is 2.58 bits per heavy atom. The quantitative estimate of drug-likeness (QED) is 0.766. The predicted octanol–water partition coefficient (Wildman–Crippen LogP) is 1.21. The Balaban J connectivity index is 2.18. The first-order chi connectivity index (χ1) is 11.4. The third-order valence-electron chi connectivity index (χ3n) is 4.05. The number of carboxylic acid groups (broad SMARTS) is 1. The first-order valence-electron chi connectivity index (χ1n) is 7.98. The van der Waals surface area contributed by atoms with Crippen LogP contribution in [0.4, 0.5) is 0 Å². The fourth-order valence-corrected chi connectivity index (χ4v) is 4.51. The summed E-state index contributed by atoms with van der Waals surface area (Å²) < 4.78 is 26.6. The first-order valence-corrected chi connectivity index (χ1v) is 9.42. The second-order valence-electron chi connectivity index (χ2n) is 5.77. The van der Waals surface area contributed by atoms with Gasteiger partial charge in [0.15, 0.2) is 0 Å². The van der Waals surface area contributed by atoms with Crippen molar-refractivity contribution in [3.8, 4) is 0 Å². The zero-order valence-electron chi connectivity index (χ0n) is 13.5. The number of rotatable bonds is 7. The van der Waals surface area contributed by atoms with Crippen LogP contribution in [-0.2, 0) is 19.6 Å². The van der Waals surface area contributed by atoms with Crippen LogP contribution in [-0.4, -0.2) is 48.3 Å². The molecule has 1 heterocycles. The zero-order valence-corrected chi connectivity index (χ0v) is 14.3. The van der Waals surface area contributed by atoms with E-state index in [4.69, 9.17) is 5.11 Å². The minimum Gasteiger partial charge on any atom is -0.480 e. The highest BCUT2D eigenvalue weighted by Gasteiger charge is 2.40. The molecule has 2 atom stereocenters. The summed E-state index contributed by atoms with van der Waals surface area (Å²) in [6, 6.07) is 6.08. The van der Waals surface area contributed by atoms with Gasteiger partial charge in [0.1, 0.15) is 12.1 Å². The van der Waals surface area contributed by atoms with Crippen LogP contribution in [0, 0.1) is 0 Å². The molecule has 0 aromatic heterocycles. The molecule has 0 radical (unpaired) electrons. The van der Waals surface area contributed by atoms with E-state index in [1.807, 2.05) is 6.92 Å². The number of nitrogens with zero attached hydrogens (tertiary/aromatic N) is 1. The van der Waals surface area contributed by atoms with Gasteiger partial charge in [0.2, 0.25) is 15.9 Å². The number of amides is 1.